The number of hydrogen-bond acceptors (Lipinski definition) is 5. The molecule has 0 aromatic carbocycles. The Bertz CT molecular complexity index is 1010. The van der Waals surface area contributed by atoms with Crippen LogP contribution in [-0.4, -0.2) is 31.4 Å². The lowest BCUT2D eigenvalue weighted by Crippen LogP contribution is -2.28. The maximum atomic E-state index is 12.7. The SMILES string of the molecule is Cc1nn(C(C)C(=O)Nc2cn(C)nc2C(=O)NCc2ccco2)c(C)c1Cl. The first-order valence-electron chi connectivity index (χ1n) is 8.64. The van der Waals surface area contributed by atoms with Gasteiger partial charge in [-0.2, -0.15) is 10.2 Å². The minimum Gasteiger partial charge on any atom is -0.467 e. The molecule has 148 valence electrons. The van der Waals surface area contributed by atoms with E-state index in [1.165, 1.54) is 10.9 Å². The van der Waals surface area contributed by atoms with Crippen molar-refractivity contribution in [1.82, 2.24) is 24.9 Å². The van der Waals surface area contributed by atoms with Gasteiger partial charge in [0.05, 0.1) is 34.9 Å². The van der Waals surface area contributed by atoms with Crippen LogP contribution in [0.5, 0.6) is 0 Å². The highest BCUT2D eigenvalue weighted by Gasteiger charge is 2.24. The number of carbonyl (C=O) groups excluding carboxylic acids is 2. The molecular weight excluding hydrogens is 384 g/mol. The standard InChI is InChI=1S/C18H21ClN6O3/c1-10-15(19)11(2)25(22-10)12(3)17(26)21-14-9-24(4)23-16(14)18(27)20-8-13-6-5-7-28-13/h5-7,9,12H,8H2,1-4H3,(H,20,27)(H,21,26). The molecule has 0 aliphatic rings. The molecule has 28 heavy (non-hydrogen) atoms. The van der Waals surface area contributed by atoms with E-state index in [9.17, 15) is 9.59 Å². The van der Waals surface area contributed by atoms with Gasteiger partial charge in [0.25, 0.3) is 5.91 Å². The zero-order valence-corrected chi connectivity index (χ0v) is 16.7. The van der Waals surface area contributed by atoms with Gasteiger partial charge in [-0.05, 0) is 32.9 Å². The Morgan fingerprint density at radius 3 is 2.68 bits per heavy atom. The fraction of sp³-hybridized carbons (Fsp3) is 0.333. The number of halogens is 1. The Hall–Kier alpha value is -3.07. The summed E-state index contributed by atoms with van der Waals surface area (Å²) in [5.41, 5.74) is 1.77. The lowest BCUT2D eigenvalue weighted by atomic mass is 10.2. The van der Waals surface area contributed by atoms with Crippen molar-refractivity contribution >= 4 is 29.1 Å². The van der Waals surface area contributed by atoms with Crippen molar-refractivity contribution in [3.05, 3.63) is 52.5 Å². The summed E-state index contributed by atoms with van der Waals surface area (Å²) in [6.07, 6.45) is 3.10. The van der Waals surface area contributed by atoms with Crippen LogP contribution in [0.1, 0.15) is 40.6 Å². The summed E-state index contributed by atoms with van der Waals surface area (Å²) in [6.45, 7) is 5.50. The quantitative estimate of drug-likeness (QED) is 0.656. The van der Waals surface area contributed by atoms with E-state index in [-0.39, 0.29) is 18.1 Å². The van der Waals surface area contributed by atoms with Crippen LogP contribution >= 0.6 is 11.6 Å². The Labute approximate surface area is 166 Å². The van der Waals surface area contributed by atoms with Crippen LogP contribution in [0, 0.1) is 13.8 Å². The van der Waals surface area contributed by atoms with E-state index >= 15 is 0 Å². The largest absolute Gasteiger partial charge is 0.467 e. The van der Waals surface area contributed by atoms with Gasteiger partial charge in [-0.15, -0.1) is 0 Å². The third-order valence-electron chi connectivity index (χ3n) is 4.29. The number of amides is 2. The number of nitrogens with one attached hydrogen (secondary N) is 2. The molecule has 0 aliphatic carbocycles. The summed E-state index contributed by atoms with van der Waals surface area (Å²) in [5, 5.41) is 14.4. The van der Waals surface area contributed by atoms with Crippen LogP contribution in [-0.2, 0) is 18.4 Å². The van der Waals surface area contributed by atoms with Gasteiger partial charge in [0.15, 0.2) is 5.69 Å². The normalized spacial score (nSPS) is 12.0. The van der Waals surface area contributed by atoms with Gasteiger partial charge in [0, 0.05) is 13.2 Å². The Morgan fingerprint density at radius 1 is 1.32 bits per heavy atom. The van der Waals surface area contributed by atoms with Crippen molar-refractivity contribution < 1.29 is 14.0 Å². The maximum absolute atomic E-state index is 12.7. The van der Waals surface area contributed by atoms with Crippen molar-refractivity contribution in [3.63, 3.8) is 0 Å². The van der Waals surface area contributed by atoms with Gasteiger partial charge in [-0.3, -0.25) is 19.0 Å². The second kappa shape index (κ2) is 7.89. The number of hydrogen-bond donors (Lipinski definition) is 2. The van der Waals surface area contributed by atoms with E-state index in [0.717, 1.165) is 0 Å². The van der Waals surface area contributed by atoms with Gasteiger partial charge >= 0.3 is 0 Å². The minimum absolute atomic E-state index is 0.112. The molecule has 0 aliphatic heterocycles. The van der Waals surface area contributed by atoms with Crippen molar-refractivity contribution in [1.29, 1.82) is 0 Å². The number of rotatable bonds is 6. The van der Waals surface area contributed by atoms with E-state index in [1.807, 2.05) is 0 Å². The summed E-state index contributed by atoms with van der Waals surface area (Å²) in [6, 6.07) is 2.87. The summed E-state index contributed by atoms with van der Waals surface area (Å²) >= 11 is 6.17. The zero-order valence-electron chi connectivity index (χ0n) is 16.0. The smallest absolute Gasteiger partial charge is 0.274 e. The fourth-order valence-electron chi connectivity index (χ4n) is 2.78. The molecule has 0 radical (unpaired) electrons. The van der Waals surface area contributed by atoms with Gasteiger partial charge in [0.2, 0.25) is 5.91 Å². The summed E-state index contributed by atoms with van der Waals surface area (Å²) in [7, 11) is 1.67. The first-order chi connectivity index (χ1) is 13.3. The molecule has 1 unspecified atom stereocenters. The fourth-order valence-corrected chi connectivity index (χ4v) is 2.90. The number of nitrogens with zero attached hydrogens (tertiary/aromatic N) is 4. The van der Waals surface area contributed by atoms with Crippen LogP contribution in [0.2, 0.25) is 5.02 Å². The molecule has 0 saturated heterocycles. The number of aryl methyl sites for hydroxylation is 2. The van der Waals surface area contributed by atoms with E-state index in [4.69, 9.17) is 16.0 Å². The van der Waals surface area contributed by atoms with Crippen LogP contribution in [0.25, 0.3) is 0 Å². The van der Waals surface area contributed by atoms with Gasteiger partial charge in [-0.25, -0.2) is 0 Å². The molecule has 0 spiro atoms. The highest BCUT2D eigenvalue weighted by Crippen LogP contribution is 2.23. The Morgan fingerprint density at radius 2 is 2.07 bits per heavy atom. The molecule has 0 fully saturated rings. The zero-order chi connectivity index (χ0) is 20.4. The highest BCUT2D eigenvalue weighted by molar-refractivity contribution is 6.31. The predicted molar refractivity (Wildman–Crippen MR) is 103 cm³/mol. The molecule has 0 bridgehead atoms. The number of anilines is 1. The molecular formula is C18H21ClN6O3. The van der Waals surface area contributed by atoms with Gasteiger partial charge in [-0.1, -0.05) is 11.6 Å². The van der Waals surface area contributed by atoms with Gasteiger partial charge in [0.1, 0.15) is 11.8 Å². The first-order valence-corrected chi connectivity index (χ1v) is 9.02. The lowest BCUT2D eigenvalue weighted by Gasteiger charge is -2.14. The average molecular weight is 405 g/mol. The van der Waals surface area contributed by atoms with Gasteiger partial charge < -0.3 is 15.1 Å². The summed E-state index contributed by atoms with van der Waals surface area (Å²) in [4.78, 5) is 25.2. The van der Waals surface area contributed by atoms with Crippen molar-refractivity contribution in [2.75, 3.05) is 5.32 Å². The molecule has 10 heteroatoms. The number of furan rings is 1. The lowest BCUT2D eigenvalue weighted by molar-refractivity contribution is -0.119. The van der Waals surface area contributed by atoms with E-state index < -0.39 is 11.9 Å². The monoisotopic (exact) mass is 404 g/mol. The number of aromatic nitrogens is 4. The molecule has 2 amide bonds. The molecule has 9 nitrogen and oxygen atoms in total. The average Bonchev–Trinajstić information content (AvgIpc) is 3.36. The minimum atomic E-state index is -0.620. The molecule has 3 aromatic rings. The van der Waals surface area contributed by atoms with E-state index in [2.05, 4.69) is 20.8 Å². The van der Waals surface area contributed by atoms with Crippen molar-refractivity contribution in [2.24, 2.45) is 7.05 Å². The first kappa shape index (κ1) is 19.7. The highest BCUT2D eigenvalue weighted by atomic mass is 35.5. The van der Waals surface area contributed by atoms with E-state index in [1.54, 1.807) is 50.8 Å². The van der Waals surface area contributed by atoms with Crippen molar-refractivity contribution in [3.8, 4) is 0 Å². The van der Waals surface area contributed by atoms with Crippen LogP contribution in [0.4, 0.5) is 5.69 Å². The third kappa shape index (κ3) is 3.94. The molecule has 2 N–H and O–H groups in total. The van der Waals surface area contributed by atoms with E-state index in [0.29, 0.717) is 27.9 Å². The molecule has 1 atom stereocenters. The summed E-state index contributed by atoms with van der Waals surface area (Å²) in [5.74, 6) is -0.144. The molecule has 3 aromatic heterocycles. The van der Waals surface area contributed by atoms with Crippen LogP contribution in [0.3, 0.4) is 0 Å². The van der Waals surface area contributed by atoms with Crippen LogP contribution < -0.4 is 10.6 Å². The third-order valence-corrected chi connectivity index (χ3v) is 4.83. The second-order valence-corrected chi connectivity index (χ2v) is 6.80. The Balaban J connectivity index is 1.74. The Kier molecular flexibility index (Phi) is 5.55. The second-order valence-electron chi connectivity index (χ2n) is 6.42. The predicted octanol–water partition coefficient (Wildman–Crippen LogP) is 2.61. The maximum Gasteiger partial charge on any atom is 0.274 e. The molecule has 0 saturated carbocycles. The topological polar surface area (TPSA) is 107 Å². The molecule has 3 rings (SSSR count). The summed E-state index contributed by atoms with van der Waals surface area (Å²) < 4.78 is 8.21. The number of carbonyl (C=O) groups is 2. The van der Waals surface area contributed by atoms with Crippen LogP contribution in [0.15, 0.2) is 29.0 Å². The molecule has 3 heterocycles. The van der Waals surface area contributed by atoms with Crippen molar-refractivity contribution in [2.45, 2.75) is 33.4 Å².